The normalized spacial score (nSPS) is 15.9. The number of aromatic nitrogens is 10. The molecule has 6 aliphatic rings. The van der Waals surface area contributed by atoms with Crippen LogP contribution in [0, 0.1) is 49.1 Å². The van der Waals surface area contributed by atoms with Gasteiger partial charge in [-0.25, -0.2) is 47.7 Å². The van der Waals surface area contributed by atoms with E-state index in [1.165, 1.54) is 73.8 Å². The smallest absolute Gasteiger partial charge is 0.360 e. The number of nitrogens with one attached hydrogen (secondary N) is 3. The monoisotopic (exact) mass is 2160 g/mol. The van der Waals surface area contributed by atoms with E-state index in [1.807, 2.05) is 118 Å². The highest BCUT2D eigenvalue weighted by molar-refractivity contribution is 9.08. The van der Waals surface area contributed by atoms with Gasteiger partial charge in [-0.1, -0.05) is 221 Å². The van der Waals surface area contributed by atoms with E-state index < -0.39 is 75.0 Å². The van der Waals surface area contributed by atoms with Gasteiger partial charge in [-0.2, -0.15) is 15.0 Å². The Morgan fingerprint density at radius 2 is 0.591 bits per heavy atom. The summed E-state index contributed by atoms with van der Waals surface area (Å²) in [6, 6.07) is 55.9. The number of carbonyl (C=O) groups is 7. The maximum Gasteiger partial charge on any atom is 0.360 e. The number of aryl methyl sites for hydroxylation is 3. The fraction of sp³-hybridized carbons (Fsp3) is 0.330. The molecule has 3 aliphatic carbocycles. The number of ether oxygens (including phenoxy) is 10. The Hall–Kier alpha value is -15.4. The molecule has 0 radical (unpaired) electrons. The van der Waals surface area contributed by atoms with Gasteiger partial charge in [0, 0.05) is 72.2 Å². The van der Waals surface area contributed by atoms with E-state index in [0.717, 1.165) is 124 Å². The van der Waals surface area contributed by atoms with Crippen LogP contribution in [0.15, 0.2) is 204 Å². The molecule has 5 aromatic heterocycles. The van der Waals surface area contributed by atoms with Gasteiger partial charge in [-0.3, -0.25) is 42.7 Å². The lowest BCUT2D eigenvalue weighted by atomic mass is 9.97. The number of hydrogen-bond donors (Lipinski definition) is 3. The second-order valence-corrected chi connectivity index (χ2v) is 38.8. The zero-order chi connectivity index (χ0) is 105. The Balaban J connectivity index is 0.000000155. The summed E-state index contributed by atoms with van der Waals surface area (Å²) in [5.41, 5.74) is 8.20. The van der Waals surface area contributed by atoms with Gasteiger partial charge in [-0.05, 0) is 184 Å². The van der Waals surface area contributed by atoms with Gasteiger partial charge in [0.25, 0.3) is 46.5 Å². The lowest BCUT2D eigenvalue weighted by Gasteiger charge is -2.29. The number of rotatable bonds is 20. The van der Waals surface area contributed by atoms with Crippen LogP contribution < -0.4 is 65.0 Å². The molecule has 0 saturated heterocycles. The molecule has 8 aromatic carbocycles. The number of methoxy groups -OCH3 is 2. The third-order valence-corrected chi connectivity index (χ3v) is 25.8. The van der Waals surface area contributed by atoms with Crippen LogP contribution in [0.5, 0.6) is 46.4 Å². The number of fused-ring (bicyclic) bond motifs is 6. The quantitative estimate of drug-likeness (QED) is 0.0471. The zero-order valence-electron chi connectivity index (χ0n) is 83.0. The maximum absolute atomic E-state index is 13.2. The first-order chi connectivity index (χ1) is 70.4. The highest BCUT2D eigenvalue weighted by Gasteiger charge is 2.44. The highest BCUT2D eigenvalue weighted by Crippen LogP contribution is 2.46. The number of nitrogens with zero attached hydrogens (tertiary/aromatic N) is 10. The Kier molecular flexibility index (Phi) is 36.4. The van der Waals surface area contributed by atoms with Gasteiger partial charge >= 0.3 is 23.9 Å². The second-order valence-electron chi connectivity index (χ2n) is 37.7. The Labute approximate surface area is 876 Å². The standard InChI is InChI=1S/C24H21BrFN3O3.2C24H22FN3O3.C19H21BrN2O5.C19H22N2O5.2CH4/c25-12-14-4-8-16(9-5-14)22-28-20(23(30)27-13-15-6-10-17(26)11-7-15)21-24(29-22)32-19-3-1-2-18(19)31-21;2*1-14-5-9-16(10-6-14)22-27-20(23(29)26-13-15-7-11-17(25)12-8-15)21-24(28-22)31-19-4-2-3-18(19)30-21;1-19(2,3)18(25)27-14-13(17(24)26-5)21-15(22(4)16(14)23)12-8-6-11(10-20)7-9-12;1-11-7-9-12(10-8-11)15-20-13(17(23)25-6)14(16(22)21(15)5)26-18(24)19(2,3)4;;/h4-11,18-19H,1-3,12-13H2,(H,27,30);2*5-12,18-19H,2-4,13H2,1H3,(H,26,29);6-9H,10H2,1-5H3;7-10H,1-6H3;2*1H4/t3*18-,19+;;;;/m000..../s1. The van der Waals surface area contributed by atoms with E-state index in [4.69, 9.17) is 47.4 Å². The van der Waals surface area contributed by atoms with Gasteiger partial charge in [0.05, 0.1) is 25.0 Å². The van der Waals surface area contributed by atoms with Crippen molar-refractivity contribution in [3.63, 3.8) is 0 Å². The topological polar surface area (TPSA) is 395 Å². The van der Waals surface area contributed by atoms with Crippen LogP contribution in [0.25, 0.3) is 56.9 Å². The summed E-state index contributed by atoms with van der Waals surface area (Å²) in [6.45, 7) is 16.5. The Bertz CT molecular complexity index is 7000. The van der Waals surface area contributed by atoms with Crippen LogP contribution >= 0.6 is 31.9 Å². The molecule has 32 nitrogen and oxygen atoms in total. The molecule has 19 rings (SSSR count). The minimum Gasteiger partial charge on any atom is -0.479 e. The van der Waals surface area contributed by atoms with E-state index in [1.54, 1.807) is 102 Å². The molecule has 8 heterocycles. The van der Waals surface area contributed by atoms with Crippen molar-refractivity contribution in [3.05, 3.63) is 305 Å². The number of amides is 3. The Morgan fingerprint density at radius 1 is 0.349 bits per heavy atom. The van der Waals surface area contributed by atoms with Crippen molar-refractivity contribution in [1.29, 1.82) is 0 Å². The molecule has 149 heavy (non-hydrogen) atoms. The third kappa shape index (κ3) is 27.0. The van der Waals surface area contributed by atoms with Gasteiger partial charge in [-0.15, -0.1) is 0 Å². The number of alkyl halides is 2. The van der Waals surface area contributed by atoms with E-state index in [-0.39, 0.29) is 146 Å². The van der Waals surface area contributed by atoms with E-state index in [2.05, 4.69) is 87.7 Å². The molecule has 3 saturated carbocycles. The molecular weight excluding hydrogens is 2050 g/mol. The molecule has 3 N–H and O–H groups in total. The lowest BCUT2D eigenvalue weighted by Crippen LogP contribution is -2.37. The second kappa shape index (κ2) is 48.9. The molecule has 37 heteroatoms. The van der Waals surface area contributed by atoms with Crippen LogP contribution in [0.2, 0.25) is 0 Å². The number of benzene rings is 8. The number of carbonyl (C=O) groups excluding carboxylic acids is 7. The van der Waals surface area contributed by atoms with Gasteiger partial charge in [0.15, 0.2) is 45.9 Å². The summed E-state index contributed by atoms with van der Waals surface area (Å²) in [5, 5.41) is 9.97. The number of halogens is 5. The molecular formula is C112H116Br2F3N13O19. The van der Waals surface area contributed by atoms with Crippen molar-refractivity contribution in [2.45, 2.75) is 202 Å². The molecule has 3 amide bonds. The minimum absolute atomic E-state index is 0. The molecule has 6 atom stereocenters. The first-order valence-corrected chi connectivity index (χ1v) is 49.8. The van der Waals surface area contributed by atoms with E-state index in [9.17, 15) is 56.3 Å². The summed E-state index contributed by atoms with van der Waals surface area (Å²) >= 11 is 6.82. The number of esters is 4. The summed E-state index contributed by atoms with van der Waals surface area (Å²) in [4.78, 5) is 149. The van der Waals surface area contributed by atoms with Gasteiger partial charge in [0.2, 0.25) is 28.7 Å². The molecule has 3 aliphatic heterocycles. The van der Waals surface area contributed by atoms with Crippen molar-refractivity contribution in [3.8, 4) is 103 Å². The molecule has 0 spiro atoms. The minimum atomic E-state index is -0.859. The zero-order valence-corrected chi connectivity index (χ0v) is 86.1. The maximum atomic E-state index is 13.2. The van der Waals surface area contributed by atoms with Crippen molar-refractivity contribution in [2.75, 3.05) is 14.2 Å². The first kappa shape index (κ1) is 111. The van der Waals surface area contributed by atoms with Crippen LogP contribution in [-0.2, 0) is 63.5 Å². The predicted molar refractivity (Wildman–Crippen MR) is 559 cm³/mol. The lowest BCUT2D eigenvalue weighted by molar-refractivity contribution is -0.143. The van der Waals surface area contributed by atoms with Crippen LogP contribution in [0.3, 0.4) is 0 Å². The average Bonchev–Trinajstić information content (AvgIpc) is 1.74. The molecule has 3 fully saturated rings. The van der Waals surface area contributed by atoms with Crippen molar-refractivity contribution < 1.29 is 94.1 Å². The largest absolute Gasteiger partial charge is 0.479 e. The van der Waals surface area contributed by atoms with Crippen LogP contribution in [0.1, 0.15) is 211 Å². The fourth-order valence-electron chi connectivity index (χ4n) is 16.1. The SMILES string of the molecule is C.C.COC(=O)c1nc(-c2ccc(C)cc2)n(C)c(=O)c1OC(=O)C(C)(C)C.COC(=O)c1nc(-c2ccc(CBr)cc2)n(C)c(=O)c1OC(=O)C(C)(C)C.Cc1ccc(-c2nc3c(c(C(=O)NCc4ccc(F)cc4)n2)O[C@H]2CCC[C@H]2O3)cc1.Cc1ccc(-c2nc3c(c(C(=O)NCc4ccc(F)cc4)n2)O[C@H]2CCC[C@H]2O3)cc1.O=C(NCc1ccc(F)cc1)c1nc(-c2ccc(CBr)cc2)nc2c1O[C@H]1CCC[C@H]1O2. The van der Waals surface area contributed by atoms with E-state index >= 15 is 0 Å². The molecule has 0 bridgehead atoms. The highest BCUT2D eigenvalue weighted by atomic mass is 79.9. The summed E-state index contributed by atoms with van der Waals surface area (Å²) in [6.07, 6.45) is 7.90. The summed E-state index contributed by atoms with van der Waals surface area (Å²) in [5.74, 6) is -2.51. The van der Waals surface area contributed by atoms with Crippen LogP contribution in [0.4, 0.5) is 13.2 Å². The van der Waals surface area contributed by atoms with Gasteiger partial charge in [0.1, 0.15) is 65.7 Å². The van der Waals surface area contributed by atoms with Crippen LogP contribution in [-0.4, -0.2) is 141 Å². The molecule has 778 valence electrons. The summed E-state index contributed by atoms with van der Waals surface area (Å²) < 4.78 is 98.5. The van der Waals surface area contributed by atoms with Gasteiger partial charge < -0.3 is 63.3 Å². The van der Waals surface area contributed by atoms with E-state index in [0.29, 0.717) is 51.6 Å². The Morgan fingerprint density at radius 3 is 0.846 bits per heavy atom. The molecule has 13 aromatic rings. The van der Waals surface area contributed by atoms with Crippen molar-refractivity contribution in [1.82, 2.24) is 65.0 Å². The third-order valence-electron chi connectivity index (χ3n) is 24.6. The average molecular weight is 2170 g/mol. The first-order valence-electron chi connectivity index (χ1n) is 47.6. The van der Waals surface area contributed by atoms with Crippen molar-refractivity contribution >= 4 is 73.5 Å². The molecule has 0 unspecified atom stereocenters. The number of hydrogen-bond acceptors (Lipinski definition) is 27. The fourth-order valence-corrected chi connectivity index (χ4v) is 16.8. The summed E-state index contributed by atoms with van der Waals surface area (Å²) in [7, 11) is 5.34. The van der Waals surface area contributed by atoms with Crippen molar-refractivity contribution in [2.24, 2.45) is 24.9 Å². The predicted octanol–water partition coefficient (Wildman–Crippen LogP) is 20.1.